The van der Waals surface area contributed by atoms with Crippen LogP contribution in [-0.4, -0.2) is 87.4 Å². The summed E-state index contributed by atoms with van der Waals surface area (Å²) in [5.41, 5.74) is 0. The van der Waals surface area contributed by atoms with Gasteiger partial charge < -0.3 is 28.5 Å². The van der Waals surface area contributed by atoms with Crippen LogP contribution in [0.25, 0.3) is 0 Å². The number of unbranched alkanes of at least 4 members (excludes halogenated alkanes) is 6. The number of hydrogen-bond donors (Lipinski definition) is 1. The molecule has 2 unspecified atom stereocenters. The van der Waals surface area contributed by atoms with E-state index >= 15 is 0 Å². The zero-order valence-corrected chi connectivity index (χ0v) is 32.5. The van der Waals surface area contributed by atoms with Crippen molar-refractivity contribution in [2.75, 3.05) is 47.5 Å². The third kappa shape index (κ3) is 34.9. The Kier molecular flexibility index (Phi) is 31.7. The maximum absolute atomic E-state index is 12.7. The van der Waals surface area contributed by atoms with Crippen LogP contribution in [0.1, 0.15) is 117 Å². The Morgan fingerprint density at radius 3 is 1.53 bits per heavy atom. The number of nitrogens with zero attached hydrogens (tertiary/aromatic N) is 1. The number of carboxylic acids is 1. The number of ether oxygens (including phenoxy) is 4. The van der Waals surface area contributed by atoms with Crippen LogP contribution >= 0.6 is 0 Å². The Hall–Kier alpha value is -3.27. The van der Waals surface area contributed by atoms with Crippen molar-refractivity contribution in [3.05, 3.63) is 72.9 Å². The largest absolute Gasteiger partial charge is 0.477 e. The number of likely N-dealkylation sites (N-methyl/N-ethyl adjacent to an activating group) is 1. The maximum Gasteiger partial charge on any atom is 0.361 e. The first-order chi connectivity index (χ1) is 24.6. The minimum Gasteiger partial charge on any atom is -0.477 e. The van der Waals surface area contributed by atoms with Crippen molar-refractivity contribution < 1.29 is 42.9 Å². The van der Waals surface area contributed by atoms with Crippen molar-refractivity contribution >= 4 is 17.9 Å². The van der Waals surface area contributed by atoms with Gasteiger partial charge in [0.15, 0.2) is 6.10 Å². The summed E-state index contributed by atoms with van der Waals surface area (Å²) in [6.45, 7) is 4.52. The van der Waals surface area contributed by atoms with Crippen molar-refractivity contribution in [1.82, 2.24) is 0 Å². The van der Waals surface area contributed by atoms with Gasteiger partial charge in [0.2, 0.25) is 0 Å². The fourth-order valence-corrected chi connectivity index (χ4v) is 4.51. The molecule has 9 nitrogen and oxygen atoms in total. The van der Waals surface area contributed by atoms with Gasteiger partial charge in [0.05, 0.1) is 34.4 Å². The monoisotopic (exact) mass is 717 g/mol. The number of rotatable bonds is 33. The first-order valence-corrected chi connectivity index (χ1v) is 19.1. The molecule has 0 aromatic carbocycles. The molecular formula is C42H70NO8+. The minimum absolute atomic E-state index is 0.173. The molecule has 2 atom stereocenters. The van der Waals surface area contributed by atoms with E-state index in [0.29, 0.717) is 23.9 Å². The highest BCUT2D eigenvalue weighted by Crippen LogP contribution is 2.10. The molecule has 0 aliphatic heterocycles. The quantitative estimate of drug-likeness (QED) is 0.0236. The number of carbonyl (C=O) groups excluding carboxylic acids is 2. The molecular weight excluding hydrogens is 646 g/mol. The predicted molar refractivity (Wildman–Crippen MR) is 207 cm³/mol. The first-order valence-electron chi connectivity index (χ1n) is 19.1. The van der Waals surface area contributed by atoms with Gasteiger partial charge in [-0.1, -0.05) is 99.6 Å². The molecule has 0 spiro atoms. The molecule has 0 rings (SSSR count). The summed E-state index contributed by atoms with van der Waals surface area (Å²) in [6, 6.07) is 0. The van der Waals surface area contributed by atoms with Gasteiger partial charge in [0.1, 0.15) is 13.2 Å². The number of esters is 2. The summed E-state index contributed by atoms with van der Waals surface area (Å²) in [7, 11) is 5.91. The van der Waals surface area contributed by atoms with Crippen LogP contribution in [0.3, 0.4) is 0 Å². The lowest BCUT2D eigenvalue weighted by Gasteiger charge is -2.25. The SMILES string of the molecule is CC/C=C\C/C=C\C/C=C\CCCCCC(=O)OCC(COC(OCC[N+](C)(C)C)C(=O)O)OC(=O)CCCCC/C=C\C/C=C\C/C=C\CC. The minimum atomic E-state index is -1.53. The smallest absolute Gasteiger partial charge is 0.361 e. The topological polar surface area (TPSA) is 108 Å². The van der Waals surface area contributed by atoms with E-state index in [4.69, 9.17) is 18.9 Å². The Bertz CT molecular complexity index is 1070. The third-order valence-electron chi connectivity index (χ3n) is 7.46. The molecule has 0 radical (unpaired) electrons. The fourth-order valence-electron chi connectivity index (χ4n) is 4.51. The van der Waals surface area contributed by atoms with Gasteiger partial charge in [-0.15, -0.1) is 0 Å². The van der Waals surface area contributed by atoms with E-state index in [1.807, 2.05) is 21.1 Å². The molecule has 0 amide bonds. The normalized spacial score (nSPS) is 13.8. The Morgan fingerprint density at radius 1 is 0.588 bits per heavy atom. The van der Waals surface area contributed by atoms with Crippen molar-refractivity contribution in [3.63, 3.8) is 0 Å². The van der Waals surface area contributed by atoms with Crippen LogP contribution < -0.4 is 0 Å². The summed E-state index contributed by atoms with van der Waals surface area (Å²) in [4.78, 5) is 36.9. The number of hydrogen-bond acceptors (Lipinski definition) is 7. The van der Waals surface area contributed by atoms with Crippen molar-refractivity contribution in [2.45, 2.75) is 129 Å². The molecule has 0 aromatic heterocycles. The van der Waals surface area contributed by atoms with Crippen LogP contribution in [0.15, 0.2) is 72.9 Å². The molecule has 1 N–H and O–H groups in total. The number of quaternary nitrogens is 1. The van der Waals surface area contributed by atoms with Crippen LogP contribution in [-0.2, 0) is 33.3 Å². The molecule has 0 saturated carbocycles. The molecule has 0 aromatic rings. The molecule has 0 aliphatic carbocycles. The lowest BCUT2D eigenvalue weighted by atomic mass is 10.1. The molecule has 51 heavy (non-hydrogen) atoms. The van der Waals surface area contributed by atoms with E-state index in [-0.39, 0.29) is 38.6 Å². The van der Waals surface area contributed by atoms with Gasteiger partial charge >= 0.3 is 17.9 Å². The highest BCUT2D eigenvalue weighted by Gasteiger charge is 2.25. The third-order valence-corrected chi connectivity index (χ3v) is 7.46. The van der Waals surface area contributed by atoms with Crippen LogP contribution in [0.4, 0.5) is 0 Å². The summed E-state index contributed by atoms with van der Waals surface area (Å²) in [6.07, 6.45) is 36.9. The zero-order chi connectivity index (χ0) is 37.8. The molecule has 9 heteroatoms. The van der Waals surface area contributed by atoms with E-state index in [0.717, 1.165) is 77.0 Å². The van der Waals surface area contributed by atoms with E-state index in [2.05, 4.69) is 86.8 Å². The van der Waals surface area contributed by atoms with Gasteiger partial charge in [0, 0.05) is 12.8 Å². The highest BCUT2D eigenvalue weighted by molar-refractivity contribution is 5.71. The lowest BCUT2D eigenvalue weighted by molar-refractivity contribution is -0.870. The summed E-state index contributed by atoms with van der Waals surface area (Å²) in [5, 5.41) is 9.58. The summed E-state index contributed by atoms with van der Waals surface area (Å²) < 4.78 is 22.5. The van der Waals surface area contributed by atoms with Crippen LogP contribution in [0.5, 0.6) is 0 Å². The average Bonchev–Trinajstić information content (AvgIpc) is 3.08. The fraction of sp³-hybridized carbons (Fsp3) is 0.643. The van der Waals surface area contributed by atoms with Gasteiger partial charge in [-0.2, -0.15) is 0 Å². The number of allylic oxidation sites excluding steroid dienone is 12. The summed E-state index contributed by atoms with van der Waals surface area (Å²) >= 11 is 0. The number of carboxylic acid groups (broad SMARTS) is 1. The molecule has 0 bridgehead atoms. The van der Waals surface area contributed by atoms with Crippen LogP contribution in [0.2, 0.25) is 0 Å². The van der Waals surface area contributed by atoms with E-state index in [1.54, 1.807) is 0 Å². The number of aliphatic carboxylic acids is 1. The maximum atomic E-state index is 12.7. The molecule has 0 fully saturated rings. The summed E-state index contributed by atoms with van der Waals surface area (Å²) in [5.74, 6) is -2.11. The number of carbonyl (C=O) groups is 3. The van der Waals surface area contributed by atoms with Gasteiger partial charge in [-0.05, 0) is 77.0 Å². The van der Waals surface area contributed by atoms with Gasteiger partial charge in [-0.25, -0.2) is 4.79 Å². The highest BCUT2D eigenvalue weighted by atomic mass is 16.7. The molecule has 0 saturated heterocycles. The molecule has 0 aliphatic rings. The Labute approximate surface area is 309 Å². The van der Waals surface area contributed by atoms with E-state index in [1.165, 1.54) is 0 Å². The molecule has 0 heterocycles. The van der Waals surface area contributed by atoms with Gasteiger partial charge in [-0.3, -0.25) is 9.59 Å². The molecule has 290 valence electrons. The second kappa shape index (κ2) is 33.9. The predicted octanol–water partition coefficient (Wildman–Crippen LogP) is 9.21. The lowest BCUT2D eigenvalue weighted by Crippen LogP contribution is -2.40. The van der Waals surface area contributed by atoms with Gasteiger partial charge in [0.25, 0.3) is 6.29 Å². The van der Waals surface area contributed by atoms with E-state index in [9.17, 15) is 19.5 Å². The second-order valence-corrected chi connectivity index (χ2v) is 13.5. The first kappa shape index (κ1) is 47.7. The second-order valence-electron chi connectivity index (χ2n) is 13.5. The van der Waals surface area contributed by atoms with Crippen molar-refractivity contribution in [1.29, 1.82) is 0 Å². The van der Waals surface area contributed by atoms with Crippen LogP contribution in [0, 0.1) is 0 Å². The zero-order valence-electron chi connectivity index (χ0n) is 32.5. The standard InChI is InChI=1S/C42H69NO8/c1-6-8-10-12-14-16-18-20-22-24-26-28-30-32-39(44)49-36-38(37-50-42(41(46)47)48-35-34-43(3,4)5)51-40(45)33-31-29-27-25-23-21-19-17-15-13-11-9-7-2/h8-11,14-17,20-23,38,42H,6-7,12-13,18-19,24-37H2,1-5H3/p+1/b10-8-,11-9-,16-14-,17-15-,22-20-,23-21-. The van der Waals surface area contributed by atoms with Crippen molar-refractivity contribution in [3.8, 4) is 0 Å². The van der Waals surface area contributed by atoms with E-state index < -0.39 is 24.3 Å². The average molecular weight is 717 g/mol. The Balaban J connectivity index is 4.66. The van der Waals surface area contributed by atoms with Crippen molar-refractivity contribution in [2.24, 2.45) is 0 Å². The Morgan fingerprint density at radius 2 is 1.06 bits per heavy atom.